The van der Waals surface area contributed by atoms with Gasteiger partial charge in [0.05, 0.1) is 11.0 Å². The number of para-hydroxylation sites is 1. The first-order valence-corrected chi connectivity index (χ1v) is 19.7. The highest BCUT2D eigenvalue weighted by Crippen LogP contribution is 2.39. The molecule has 11 rings (SSSR count). The average Bonchev–Trinajstić information content (AvgIpc) is 3.63. The predicted molar refractivity (Wildman–Crippen MR) is 240 cm³/mol. The third-order valence-electron chi connectivity index (χ3n) is 11.3. The van der Waals surface area contributed by atoms with E-state index >= 15 is 0 Å². The van der Waals surface area contributed by atoms with Crippen LogP contribution < -0.4 is 0 Å². The average molecular weight is 741 g/mol. The second-order valence-corrected chi connectivity index (χ2v) is 14.9. The van der Waals surface area contributed by atoms with Crippen molar-refractivity contribution in [3.63, 3.8) is 0 Å². The smallest absolute Gasteiger partial charge is 0.164 e. The number of nitrogens with zero attached hydrogens (tertiary/aromatic N) is 4. The zero-order valence-electron chi connectivity index (χ0n) is 31.6. The second kappa shape index (κ2) is 14.1. The fourth-order valence-corrected chi connectivity index (χ4v) is 8.46. The van der Waals surface area contributed by atoms with Gasteiger partial charge in [-0.1, -0.05) is 158 Å². The monoisotopic (exact) mass is 740 g/mol. The molecule has 0 aliphatic heterocycles. The highest BCUT2D eigenvalue weighted by atomic mass is 15.0. The molecule has 4 nitrogen and oxygen atoms in total. The van der Waals surface area contributed by atoms with Gasteiger partial charge in [-0.05, 0) is 98.8 Å². The van der Waals surface area contributed by atoms with Crippen molar-refractivity contribution in [1.29, 1.82) is 0 Å². The van der Waals surface area contributed by atoms with E-state index in [-0.39, 0.29) is 0 Å². The molecule has 0 saturated carbocycles. The Kier molecular flexibility index (Phi) is 8.18. The molecule has 0 unspecified atom stereocenters. The second-order valence-electron chi connectivity index (χ2n) is 14.9. The Morgan fingerprint density at radius 3 is 1.41 bits per heavy atom. The lowest BCUT2D eigenvalue weighted by Gasteiger charge is -2.13. The van der Waals surface area contributed by atoms with Crippen molar-refractivity contribution >= 4 is 43.4 Å². The predicted octanol–water partition coefficient (Wildman–Crippen LogP) is 13.5. The van der Waals surface area contributed by atoms with E-state index in [1.807, 2.05) is 60.7 Å². The summed E-state index contributed by atoms with van der Waals surface area (Å²) < 4.78 is 2.36. The Morgan fingerprint density at radius 1 is 0.328 bits per heavy atom. The van der Waals surface area contributed by atoms with Crippen LogP contribution in [0.15, 0.2) is 206 Å². The molecule has 2 heterocycles. The summed E-state index contributed by atoms with van der Waals surface area (Å²) in [5, 5.41) is 7.40. The first kappa shape index (κ1) is 33.6. The Morgan fingerprint density at radius 2 is 0.793 bits per heavy atom. The number of aromatic nitrogens is 4. The van der Waals surface area contributed by atoms with Crippen molar-refractivity contribution in [2.45, 2.75) is 6.42 Å². The highest BCUT2D eigenvalue weighted by Gasteiger charge is 2.18. The Balaban J connectivity index is 1.09. The maximum Gasteiger partial charge on any atom is 0.164 e. The third kappa shape index (κ3) is 5.99. The molecule has 0 spiro atoms. The van der Waals surface area contributed by atoms with Crippen LogP contribution >= 0.6 is 0 Å². The molecule has 4 heteroatoms. The van der Waals surface area contributed by atoms with Gasteiger partial charge in [0.1, 0.15) is 0 Å². The number of fused-ring (bicyclic) bond motifs is 6. The molecule has 0 atom stereocenters. The standard InChI is InChI=1S/C54H36N4/c1-5-15-36(16-6-1)31-43-32-41-26-25-39(33-47(41)46-24-14-13-23-45(43)46)40-27-29-50-48(34-40)49-35-42(28-30-51(49)58(50)44-21-11-4-12-22-44)54-56-52(37-17-7-2-8-18-37)55-53(57-54)38-19-9-3-10-20-38/h1-30,32-35H,31H2. The van der Waals surface area contributed by atoms with Gasteiger partial charge >= 0.3 is 0 Å². The molecular formula is C54H36N4. The highest BCUT2D eigenvalue weighted by molar-refractivity contribution is 6.13. The molecule has 0 fully saturated rings. The lowest BCUT2D eigenvalue weighted by molar-refractivity contribution is 1.07. The SMILES string of the molecule is c1ccc(Cc2cc3ccc(-c4ccc5c(c4)c4cc(-c6nc(-c7ccccc7)nc(-c7ccccc7)n6)ccc4n5-c4ccccc4)cc3c3ccccc23)cc1. The van der Waals surface area contributed by atoms with Gasteiger partial charge in [-0.15, -0.1) is 0 Å². The topological polar surface area (TPSA) is 43.6 Å². The van der Waals surface area contributed by atoms with Gasteiger partial charge in [0.15, 0.2) is 17.5 Å². The molecule has 2 aromatic heterocycles. The van der Waals surface area contributed by atoms with E-state index in [0.717, 1.165) is 45.2 Å². The van der Waals surface area contributed by atoms with E-state index in [0.29, 0.717) is 17.5 Å². The van der Waals surface area contributed by atoms with Gasteiger partial charge in [0, 0.05) is 33.2 Å². The fourth-order valence-electron chi connectivity index (χ4n) is 8.46. The van der Waals surface area contributed by atoms with Crippen LogP contribution in [-0.4, -0.2) is 19.5 Å². The van der Waals surface area contributed by atoms with Crippen LogP contribution in [0.2, 0.25) is 0 Å². The minimum atomic E-state index is 0.638. The van der Waals surface area contributed by atoms with Gasteiger partial charge in [-0.25, -0.2) is 15.0 Å². The van der Waals surface area contributed by atoms with Crippen molar-refractivity contribution in [1.82, 2.24) is 19.5 Å². The molecule has 0 radical (unpaired) electrons. The minimum Gasteiger partial charge on any atom is -0.309 e. The van der Waals surface area contributed by atoms with Crippen LogP contribution in [0.5, 0.6) is 0 Å². The number of hydrogen-bond donors (Lipinski definition) is 0. The summed E-state index contributed by atoms with van der Waals surface area (Å²) in [6, 6.07) is 73.3. The van der Waals surface area contributed by atoms with Crippen LogP contribution in [0, 0.1) is 0 Å². The van der Waals surface area contributed by atoms with Gasteiger partial charge in [0.2, 0.25) is 0 Å². The van der Waals surface area contributed by atoms with Crippen molar-refractivity contribution in [2.75, 3.05) is 0 Å². The first-order valence-electron chi connectivity index (χ1n) is 19.7. The first-order chi connectivity index (χ1) is 28.7. The molecule has 0 aliphatic carbocycles. The van der Waals surface area contributed by atoms with Gasteiger partial charge in [0.25, 0.3) is 0 Å². The summed E-state index contributed by atoms with van der Waals surface area (Å²) in [5.41, 5.74) is 11.2. The van der Waals surface area contributed by atoms with Gasteiger partial charge in [-0.2, -0.15) is 0 Å². The van der Waals surface area contributed by atoms with Crippen molar-refractivity contribution in [2.24, 2.45) is 0 Å². The largest absolute Gasteiger partial charge is 0.309 e. The molecule has 272 valence electrons. The van der Waals surface area contributed by atoms with Crippen LogP contribution in [0.4, 0.5) is 0 Å². The minimum absolute atomic E-state index is 0.638. The lowest BCUT2D eigenvalue weighted by atomic mass is 9.91. The summed E-state index contributed by atoms with van der Waals surface area (Å²) in [6.45, 7) is 0. The van der Waals surface area contributed by atoms with E-state index < -0.39 is 0 Å². The zero-order valence-corrected chi connectivity index (χ0v) is 31.6. The molecular weight excluding hydrogens is 705 g/mol. The van der Waals surface area contributed by atoms with E-state index in [9.17, 15) is 0 Å². The maximum atomic E-state index is 5.07. The fraction of sp³-hybridized carbons (Fsp3) is 0.0185. The Hall–Kier alpha value is -7.69. The van der Waals surface area contributed by atoms with Gasteiger partial charge in [-0.3, -0.25) is 0 Å². The summed E-state index contributed by atoms with van der Waals surface area (Å²) >= 11 is 0. The van der Waals surface area contributed by atoms with Crippen molar-refractivity contribution in [3.8, 4) is 51.0 Å². The molecule has 11 aromatic rings. The van der Waals surface area contributed by atoms with Crippen molar-refractivity contribution < 1.29 is 0 Å². The quantitative estimate of drug-likeness (QED) is 0.153. The van der Waals surface area contributed by atoms with E-state index in [1.165, 1.54) is 49.2 Å². The lowest BCUT2D eigenvalue weighted by Crippen LogP contribution is -2.00. The Bertz CT molecular complexity index is 3230. The third-order valence-corrected chi connectivity index (χ3v) is 11.3. The maximum absolute atomic E-state index is 5.07. The summed E-state index contributed by atoms with van der Waals surface area (Å²) in [4.78, 5) is 15.1. The van der Waals surface area contributed by atoms with Crippen LogP contribution in [0.1, 0.15) is 11.1 Å². The van der Waals surface area contributed by atoms with Crippen LogP contribution in [0.25, 0.3) is 94.3 Å². The number of benzene rings is 9. The number of hydrogen-bond acceptors (Lipinski definition) is 3. The Labute approximate surface area is 336 Å². The summed E-state index contributed by atoms with van der Waals surface area (Å²) in [6.07, 6.45) is 0.898. The molecule has 0 saturated heterocycles. The van der Waals surface area contributed by atoms with Crippen molar-refractivity contribution in [3.05, 3.63) is 217 Å². The summed E-state index contributed by atoms with van der Waals surface area (Å²) in [5.74, 6) is 1.93. The summed E-state index contributed by atoms with van der Waals surface area (Å²) in [7, 11) is 0. The molecule has 0 N–H and O–H groups in total. The number of rotatable bonds is 7. The van der Waals surface area contributed by atoms with Gasteiger partial charge < -0.3 is 4.57 Å². The van der Waals surface area contributed by atoms with Crippen LogP contribution in [0.3, 0.4) is 0 Å². The van der Waals surface area contributed by atoms with E-state index in [1.54, 1.807) is 0 Å². The normalized spacial score (nSPS) is 11.5. The molecule has 0 amide bonds. The molecule has 0 bridgehead atoms. The molecule has 0 aliphatic rings. The zero-order chi connectivity index (χ0) is 38.4. The molecule has 9 aromatic carbocycles. The van der Waals surface area contributed by atoms with E-state index in [4.69, 9.17) is 15.0 Å². The van der Waals surface area contributed by atoms with E-state index in [2.05, 4.69) is 150 Å². The van der Waals surface area contributed by atoms with Crippen LogP contribution in [-0.2, 0) is 6.42 Å². The molecule has 58 heavy (non-hydrogen) atoms.